The number of carbonyl (C=O) groups is 1. The number of hydrogen-bond donors (Lipinski definition) is 0. The third kappa shape index (κ3) is 2.42. The number of rotatable bonds is 3. The molecule has 0 spiro atoms. The summed E-state index contributed by atoms with van der Waals surface area (Å²) in [6, 6.07) is 6.29. The van der Waals surface area contributed by atoms with Gasteiger partial charge in [-0.05, 0) is 24.3 Å². The number of aldehydes is 1. The Balaban J connectivity index is 2.38. The van der Waals surface area contributed by atoms with E-state index in [0.717, 1.165) is 6.26 Å². The van der Waals surface area contributed by atoms with Crippen molar-refractivity contribution in [1.82, 2.24) is 9.78 Å². The lowest BCUT2D eigenvalue weighted by atomic mass is 10.3. The van der Waals surface area contributed by atoms with Crippen molar-refractivity contribution in [3.8, 4) is 5.69 Å². The van der Waals surface area contributed by atoms with Crippen LogP contribution in [0.4, 0.5) is 0 Å². The van der Waals surface area contributed by atoms with Crippen LogP contribution >= 0.6 is 0 Å². The van der Waals surface area contributed by atoms with Crippen LogP contribution in [0.2, 0.25) is 0 Å². The molecule has 0 saturated carbocycles. The largest absolute Gasteiger partial charge is 0.298 e. The minimum atomic E-state index is -3.19. The van der Waals surface area contributed by atoms with E-state index in [1.807, 2.05) is 0 Å². The third-order valence-electron chi connectivity index (χ3n) is 2.27. The average molecular weight is 250 g/mol. The second kappa shape index (κ2) is 4.14. The highest BCUT2D eigenvalue weighted by atomic mass is 32.2. The molecule has 6 heteroatoms. The SMILES string of the molecule is CS(=O)(=O)c1ccc(-n2cc(C=O)cn2)cc1. The molecular formula is C11H10N2O3S. The summed E-state index contributed by atoms with van der Waals surface area (Å²) in [6.45, 7) is 0. The molecule has 1 heterocycles. The van der Waals surface area contributed by atoms with Gasteiger partial charge in [-0.15, -0.1) is 0 Å². The molecule has 0 aliphatic carbocycles. The maximum atomic E-state index is 11.3. The Morgan fingerprint density at radius 3 is 2.35 bits per heavy atom. The Bertz CT molecular complexity index is 642. The fraction of sp³-hybridized carbons (Fsp3) is 0.0909. The van der Waals surface area contributed by atoms with E-state index < -0.39 is 9.84 Å². The first kappa shape index (κ1) is 11.5. The molecular weight excluding hydrogens is 240 g/mol. The van der Waals surface area contributed by atoms with E-state index in [1.54, 1.807) is 18.3 Å². The van der Waals surface area contributed by atoms with Crippen LogP contribution in [0.1, 0.15) is 10.4 Å². The van der Waals surface area contributed by atoms with E-state index in [2.05, 4.69) is 5.10 Å². The zero-order chi connectivity index (χ0) is 12.5. The molecule has 2 aromatic rings. The monoisotopic (exact) mass is 250 g/mol. The second-order valence-corrected chi connectivity index (χ2v) is 5.62. The number of nitrogens with zero attached hydrogens (tertiary/aromatic N) is 2. The molecule has 0 amide bonds. The van der Waals surface area contributed by atoms with Crippen LogP contribution in [0.15, 0.2) is 41.6 Å². The number of aromatic nitrogens is 2. The van der Waals surface area contributed by atoms with Crippen LogP contribution in [0.3, 0.4) is 0 Å². The summed E-state index contributed by atoms with van der Waals surface area (Å²) in [6.07, 6.45) is 4.87. The van der Waals surface area contributed by atoms with Crippen molar-refractivity contribution in [1.29, 1.82) is 0 Å². The molecule has 2 rings (SSSR count). The summed E-state index contributed by atoms with van der Waals surface area (Å²) >= 11 is 0. The maximum absolute atomic E-state index is 11.3. The first-order valence-corrected chi connectivity index (χ1v) is 6.70. The molecule has 0 aliphatic heterocycles. The number of benzene rings is 1. The van der Waals surface area contributed by atoms with Crippen LogP contribution in [0.25, 0.3) is 5.69 Å². The van der Waals surface area contributed by atoms with Crippen molar-refractivity contribution in [2.45, 2.75) is 4.90 Å². The van der Waals surface area contributed by atoms with E-state index >= 15 is 0 Å². The van der Waals surface area contributed by atoms with Crippen molar-refractivity contribution < 1.29 is 13.2 Å². The minimum Gasteiger partial charge on any atom is -0.298 e. The molecule has 0 fully saturated rings. The number of sulfone groups is 1. The zero-order valence-electron chi connectivity index (χ0n) is 9.07. The van der Waals surface area contributed by atoms with Crippen molar-refractivity contribution in [2.75, 3.05) is 6.26 Å². The van der Waals surface area contributed by atoms with E-state index in [-0.39, 0.29) is 4.90 Å². The summed E-state index contributed by atoms with van der Waals surface area (Å²) < 4.78 is 24.0. The predicted octanol–water partition coefficient (Wildman–Crippen LogP) is 1.09. The Kier molecular flexibility index (Phi) is 2.81. The van der Waals surface area contributed by atoms with Gasteiger partial charge in [0.2, 0.25) is 0 Å². The Labute approximate surface area is 98.6 Å². The predicted molar refractivity (Wildman–Crippen MR) is 62.1 cm³/mol. The molecule has 0 bridgehead atoms. The van der Waals surface area contributed by atoms with E-state index in [1.165, 1.54) is 23.0 Å². The summed E-state index contributed by atoms with van der Waals surface area (Å²) in [5.41, 5.74) is 1.17. The zero-order valence-corrected chi connectivity index (χ0v) is 9.89. The van der Waals surface area contributed by atoms with Gasteiger partial charge < -0.3 is 0 Å². The van der Waals surface area contributed by atoms with Crippen molar-refractivity contribution in [3.05, 3.63) is 42.2 Å². The average Bonchev–Trinajstić information content (AvgIpc) is 2.76. The fourth-order valence-electron chi connectivity index (χ4n) is 1.38. The van der Waals surface area contributed by atoms with Crippen LogP contribution in [0.5, 0.6) is 0 Å². The Morgan fingerprint density at radius 1 is 1.24 bits per heavy atom. The van der Waals surface area contributed by atoms with Gasteiger partial charge in [-0.1, -0.05) is 0 Å². The van der Waals surface area contributed by atoms with Crippen molar-refractivity contribution in [3.63, 3.8) is 0 Å². The molecule has 0 atom stereocenters. The summed E-state index contributed by atoms with van der Waals surface area (Å²) in [5.74, 6) is 0. The van der Waals surface area contributed by atoms with Gasteiger partial charge in [-0.3, -0.25) is 4.79 Å². The lowest BCUT2D eigenvalue weighted by molar-refractivity contribution is 0.112. The van der Waals surface area contributed by atoms with E-state index in [0.29, 0.717) is 17.5 Å². The summed E-state index contributed by atoms with van der Waals surface area (Å²) in [4.78, 5) is 10.8. The van der Waals surface area contributed by atoms with Gasteiger partial charge in [0, 0.05) is 12.5 Å². The Hall–Kier alpha value is -1.95. The van der Waals surface area contributed by atoms with Crippen molar-refractivity contribution >= 4 is 16.1 Å². The van der Waals surface area contributed by atoms with Crippen molar-refractivity contribution in [2.24, 2.45) is 0 Å². The quantitative estimate of drug-likeness (QED) is 0.764. The standard InChI is InChI=1S/C11H10N2O3S/c1-17(15,16)11-4-2-10(3-5-11)13-7-9(8-14)6-12-13/h2-8H,1H3. The molecule has 0 N–H and O–H groups in total. The third-order valence-corrected chi connectivity index (χ3v) is 3.40. The van der Waals surface area contributed by atoms with Gasteiger partial charge >= 0.3 is 0 Å². The molecule has 5 nitrogen and oxygen atoms in total. The lowest BCUT2D eigenvalue weighted by Crippen LogP contribution is -1.99. The normalized spacial score (nSPS) is 11.4. The van der Waals surface area contributed by atoms with Gasteiger partial charge in [0.15, 0.2) is 16.1 Å². The van der Waals surface area contributed by atoms with Crippen LogP contribution in [-0.4, -0.2) is 30.7 Å². The molecule has 0 aliphatic rings. The summed E-state index contributed by atoms with van der Waals surface area (Å²) in [7, 11) is -3.19. The van der Waals surface area contributed by atoms with E-state index in [4.69, 9.17) is 0 Å². The second-order valence-electron chi connectivity index (χ2n) is 3.60. The van der Waals surface area contributed by atoms with Gasteiger partial charge in [0.05, 0.1) is 22.3 Å². The first-order valence-electron chi connectivity index (χ1n) is 4.81. The fourth-order valence-corrected chi connectivity index (χ4v) is 2.02. The molecule has 0 saturated heterocycles. The number of hydrogen-bond acceptors (Lipinski definition) is 4. The lowest BCUT2D eigenvalue weighted by Gasteiger charge is -2.02. The minimum absolute atomic E-state index is 0.254. The molecule has 1 aromatic carbocycles. The van der Waals surface area contributed by atoms with Crippen LogP contribution < -0.4 is 0 Å². The van der Waals surface area contributed by atoms with Crippen LogP contribution in [0, 0.1) is 0 Å². The van der Waals surface area contributed by atoms with Gasteiger partial charge in [-0.25, -0.2) is 13.1 Å². The maximum Gasteiger partial charge on any atom is 0.175 e. The van der Waals surface area contributed by atoms with Crippen LogP contribution in [-0.2, 0) is 9.84 Å². The van der Waals surface area contributed by atoms with E-state index in [9.17, 15) is 13.2 Å². The van der Waals surface area contributed by atoms with Gasteiger partial charge in [-0.2, -0.15) is 5.10 Å². The molecule has 1 aromatic heterocycles. The van der Waals surface area contributed by atoms with Gasteiger partial charge in [0.25, 0.3) is 0 Å². The number of carbonyl (C=O) groups excluding carboxylic acids is 1. The molecule has 17 heavy (non-hydrogen) atoms. The molecule has 88 valence electrons. The first-order chi connectivity index (χ1) is 8.00. The molecule has 0 radical (unpaired) electrons. The van der Waals surface area contributed by atoms with Gasteiger partial charge in [0.1, 0.15) is 0 Å². The topological polar surface area (TPSA) is 69.0 Å². The Morgan fingerprint density at radius 2 is 1.88 bits per heavy atom. The summed E-state index contributed by atoms with van der Waals surface area (Å²) in [5, 5.41) is 3.99. The highest BCUT2D eigenvalue weighted by Gasteiger charge is 2.07. The highest BCUT2D eigenvalue weighted by molar-refractivity contribution is 7.90. The highest BCUT2D eigenvalue weighted by Crippen LogP contribution is 2.13. The molecule has 0 unspecified atom stereocenters. The smallest absolute Gasteiger partial charge is 0.175 e.